The molecule has 1 N–H and O–H groups in total. The third-order valence-corrected chi connectivity index (χ3v) is 9.03. The normalized spacial score (nSPS) is 19.7. The fraction of sp³-hybridized carbons (Fsp3) is 0.281. The summed E-state index contributed by atoms with van der Waals surface area (Å²) in [5, 5.41) is 12.0. The molecule has 3 heterocycles. The SMILES string of the molecule is Cc1nc(CN2Cc3ccccc3[C@@H]3OC(c4ccc(OCCCO)cc4)=N[C@]3(Cc3ccccc3Br)C2=O)cs1. The number of aryl methyl sites for hydroxylation is 1. The maximum absolute atomic E-state index is 14.8. The van der Waals surface area contributed by atoms with Gasteiger partial charge in [0.25, 0.3) is 5.91 Å². The van der Waals surface area contributed by atoms with Gasteiger partial charge in [-0.15, -0.1) is 11.3 Å². The summed E-state index contributed by atoms with van der Waals surface area (Å²) in [6.07, 6.45) is 0.330. The summed E-state index contributed by atoms with van der Waals surface area (Å²) in [5.41, 5.74) is 3.41. The van der Waals surface area contributed by atoms with Gasteiger partial charge in [0.2, 0.25) is 5.90 Å². The first-order valence-corrected chi connectivity index (χ1v) is 15.3. The number of fused-ring (bicyclic) bond motifs is 3. The molecule has 0 spiro atoms. The molecule has 2 aliphatic rings. The Kier molecular flexibility index (Phi) is 7.92. The Labute approximate surface area is 251 Å². The Morgan fingerprint density at radius 1 is 1.12 bits per heavy atom. The number of nitrogens with zero attached hydrogens (tertiary/aromatic N) is 3. The molecule has 0 radical (unpaired) electrons. The zero-order valence-electron chi connectivity index (χ0n) is 22.6. The minimum absolute atomic E-state index is 0.0817. The van der Waals surface area contributed by atoms with Gasteiger partial charge in [-0.1, -0.05) is 58.4 Å². The summed E-state index contributed by atoms with van der Waals surface area (Å²) in [5.74, 6) is 1.04. The van der Waals surface area contributed by atoms with Crippen molar-refractivity contribution in [3.05, 3.63) is 116 Å². The molecular weight excluding hydrogens is 602 g/mol. The van der Waals surface area contributed by atoms with Crippen molar-refractivity contribution >= 4 is 39.1 Å². The van der Waals surface area contributed by atoms with Crippen molar-refractivity contribution in [1.82, 2.24) is 9.88 Å². The average molecular weight is 633 g/mol. The van der Waals surface area contributed by atoms with E-state index >= 15 is 0 Å². The molecule has 0 fully saturated rings. The Morgan fingerprint density at radius 2 is 1.90 bits per heavy atom. The highest BCUT2D eigenvalue weighted by Gasteiger charge is 2.57. The molecule has 1 aromatic heterocycles. The number of hydrogen-bond acceptors (Lipinski definition) is 7. The Morgan fingerprint density at radius 3 is 2.66 bits per heavy atom. The molecule has 2 atom stereocenters. The summed E-state index contributed by atoms with van der Waals surface area (Å²) in [6.45, 7) is 3.34. The van der Waals surface area contributed by atoms with E-state index in [9.17, 15) is 4.79 Å². The number of aliphatic hydroxyl groups excluding tert-OH is 1. The highest BCUT2D eigenvalue weighted by atomic mass is 79.9. The average Bonchev–Trinajstić information content (AvgIpc) is 3.56. The number of aromatic nitrogens is 1. The van der Waals surface area contributed by atoms with Gasteiger partial charge in [-0.25, -0.2) is 9.98 Å². The first-order chi connectivity index (χ1) is 20.0. The van der Waals surface area contributed by atoms with Crippen LogP contribution in [0.1, 0.15) is 45.5 Å². The molecule has 0 saturated carbocycles. The molecular formula is C32H30BrN3O4S. The van der Waals surface area contributed by atoms with Crippen molar-refractivity contribution in [2.24, 2.45) is 4.99 Å². The van der Waals surface area contributed by atoms with E-state index in [2.05, 4.69) is 33.0 Å². The van der Waals surface area contributed by atoms with Gasteiger partial charge in [-0.3, -0.25) is 4.79 Å². The molecule has 4 aromatic rings. The van der Waals surface area contributed by atoms with Crippen LogP contribution in [0, 0.1) is 6.92 Å². The fourth-order valence-electron chi connectivity index (χ4n) is 5.47. The van der Waals surface area contributed by atoms with Crippen LogP contribution in [0.4, 0.5) is 0 Å². The molecule has 7 nitrogen and oxygen atoms in total. The molecule has 0 unspecified atom stereocenters. The lowest BCUT2D eigenvalue weighted by Gasteiger charge is -2.32. The zero-order chi connectivity index (χ0) is 28.4. The van der Waals surface area contributed by atoms with Crippen LogP contribution >= 0.6 is 27.3 Å². The maximum Gasteiger partial charge on any atom is 0.255 e. The van der Waals surface area contributed by atoms with Crippen LogP contribution in [0.5, 0.6) is 5.75 Å². The third-order valence-electron chi connectivity index (χ3n) is 7.43. The fourth-order valence-corrected chi connectivity index (χ4v) is 6.49. The van der Waals surface area contributed by atoms with Gasteiger partial charge in [0.05, 0.1) is 23.9 Å². The van der Waals surface area contributed by atoms with E-state index in [4.69, 9.17) is 19.6 Å². The van der Waals surface area contributed by atoms with E-state index in [0.717, 1.165) is 37.4 Å². The zero-order valence-corrected chi connectivity index (χ0v) is 25.0. The highest BCUT2D eigenvalue weighted by Crippen LogP contribution is 2.47. The van der Waals surface area contributed by atoms with Crippen molar-refractivity contribution in [3.8, 4) is 5.75 Å². The van der Waals surface area contributed by atoms with Gasteiger partial charge in [0.1, 0.15) is 5.75 Å². The lowest BCUT2D eigenvalue weighted by atomic mass is 9.81. The van der Waals surface area contributed by atoms with Gasteiger partial charge in [0.15, 0.2) is 11.6 Å². The van der Waals surface area contributed by atoms with E-state index in [1.54, 1.807) is 11.3 Å². The predicted molar refractivity (Wildman–Crippen MR) is 162 cm³/mol. The molecule has 2 aliphatic heterocycles. The summed E-state index contributed by atoms with van der Waals surface area (Å²) in [4.78, 5) is 26.5. The molecule has 210 valence electrons. The highest BCUT2D eigenvalue weighted by molar-refractivity contribution is 9.10. The Hall–Kier alpha value is -3.53. The number of rotatable bonds is 9. The number of ether oxygens (including phenoxy) is 2. The summed E-state index contributed by atoms with van der Waals surface area (Å²) < 4.78 is 13.3. The number of aliphatic imine (C=N–C) groups is 1. The van der Waals surface area contributed by atoms with Gasteiger partial charge in [-0.2, -0.15) is 0 Å². The molecule has 0 aliphatic carbocycles. The van der Waals surface area contributed by atoms with Crippen molar-refractivity contribution in [2.75, 3.05) is 13.2 Å². The topological polar surface area (TPSA) is 84.2 Å². The van der Waals surface area contributed by atoms with Gasteiger partial charge in [-0.05, 0) is 48.4 Å². The number of benzene rings is 3. The number of aliphatic hydroxyl groups is 1. The monoisotopic (exact) mass is 631 g/mol. The second-order valence-electron chi connectivity index (χ2n) is 10.3. The van der Waals surface area contributed by atoms with E-state index < -0.39 is 11.6 Å². The molecule has 1 amide bonds. The van der Waals surface area contributed by atoms with Crippen LogP contribution in [0.3, 0.4) is 0 Å². The van der Waals surface area contributed by atoms with Crippen LogP contribution in [-0.2, 0) is 29.0 Å². The molecule has 41 heavy (non-hydrogen) atoms. The van der Waals surface area contributed by atoms with Crippen LogP contribution in [0.2, 0.25) is 0 Å². The molecule has 0 saturated heterocycles. The number of carbonyl (C=O) groups is 1. The van der Waals surface area contributed by atoms with E-state index in [1.165, 1.54) is 0 Å². The molecule has 9 heteroatoms. The minimum atomic E-state index is -1.22. The molecule has 0 bridgehead atoms. The number of amides is 1. The first-order valence-electron chi connectivity index (χ1n) is 13.6. The van der Waals surface area contributed by atoms with E-state index in [1.807, 2.05) is 77.9 Å². The number of hydrogen-bond donors (Lipinski definition) is 1. The van der Waals surface area contributed by atoms with Crippen molar-refractivity contribution in [3.63, 3.8) is 0 Å². The predicted octanol–water partition coefficient (Wildman–Crippen LogP) is 6.02. The van der Waals surface area contributed by atoms with Gasteiger partial charge < -0.3 is 19.5 Å². The summed E-state index contributed by atoms with van der Waals surface area (Å²) >= 11 is 5.28. The second kappa shape index (κ2) is 11.8. The van der Waals surface area contributed by atoms with Crippen molar-refractivity contribution in [1.29, 1.82) is 0 Å². The van der Waals surface area contributed by atoms with Crippen molar-refractivity contribution in [2.45, 2.75) is 44.5 Å². The standard InChI is InChI=1S/C32H30BrN3O4S/c1-21-34-25(20-41-21)19-36-18-24-8-2-4-9-27(24)29-32(31(36)38,17-23-7-3-5-10-28(23)33)35-30(40-29)22-11-13-26(14-12-22)39-16-6-15-37/h2-5,7-14,20,29,37H,6,15-19H2,1H3/t29-,32-/m0/s1. The lowest BCUT2D eigenvalue weighted by Crippen LogP contribution is -2.49. The van der Waals surface area contributed by atoms with E-state index in [0.29, 0.717) is 44.2 Å². The quantitative estimate of drug-likeness (QED) is 0.229. The Balaban J connectivity index is 1.45. The molecule has 3 aromatic carbocycles. The number of halogens is 1. The van der Waals surface area contributed by atoms with Crippen molar-refractivity contribution < 1.29 is 19.4 Å². The number of thiazole rings is 1. The van der Waals surface area contributed by atoms with Crippen LogP contribution in [0.25, 0.3) is 0 Å². The minimum Gasteiger partial charge on any atom is -0.494 e. The maximum atomic E-state index is 14.8. The van der Waals surface area contributed by atoms with Crippen LogP contribution in [-0.4, -0.2) is 45.5 Å². The van der Waals surface area contributed by atoms with E-state index in [-0.39, 0.29) is 12.5 Å². The lowest BCUT2D eigenvalue weighted by molar-refractivity contribution is -0.140. The third kappa shape index (κ3) is 5.54. The van der Waals surface area contributed by atoms with Crippen LogP contribution in [0.15, 0.2) is 87.6 Å². The first kappa shape index (κ1) is 27.6. The number of carbonyl (C=O) groups excluding carboxylic acids is 1. The largest absolute Gasteiger partial charge is 0.494 e. The smallest absolute Gasteiger partial charge is 0.255 e. The van der Waals surface area contributed by atoms with Crippen LogP contribution < -0.4 is 4.74 Å². The van der Waals surface area contributed by atoms with Gasteiger partial charge in [0, 0.05) is 47.0 Å². The van der Waals surface area contributed by atoms with Gasteiger partial charge >= 0.3 is 0 Å². The summed E-state index contributed by atoms with van der Waals surface area (Å²) in [6, 6.07) is 23.6. The Bertz CT molecular complexity index is 1590. The second-order valence-corrected chi connectivity index (χ2v) is 12.2. The summed E-state index contributed by atoms with van der Waals surface area (Å²) in [7, 11) is 0. The molecule has 6 rings (SSSR count).